The number of rotatable bonds is 21. The molecule has 65 heavy (non-hydrogen) atoms. The number of anilines is 3. The lowest BCUT2D eigenvalue weighted by Crippen LogP contribution is -2.54. The smallest absolute Gasteiger partial charge is 0.264 e. The topological polar surface area (TPSA) is 195 Å². The zero-order valence-corrected chi connectivity index (χ0v) is 36.5. The third-order valence-electron chi connectivity index (χ3n) is 11.6. The van der Waals surface area contributed by atoms with Gasteiger partial charge in [0, 0.05) is 76.3 Å². The standard InChI is InChI=1S/C46H53FN10O8/c1-30-51-37-8-7-35(31-12-13-50-40(28-31)48-2)52-43(37)56(30)32-6-9-38(34(47)29-32)55-17-15-54(16-18-55)19-21-63-23-25-65-27-26-64-24-22-62-20-14-49-36-5-3-4-33-42(36)46(61)57(45(33)60)39-10-11-41(58)53-44(39)59/h3-9,12-13,28-29,39,49H,10-11,14-27H2,1-2H3,(H,48,50)(H,53,58,59). The predicted octanol–water partition coefficient (Wildman–Crippen LogP) is 3.67. The van der Waals surface area contributed by atoms with Crippen molar-refractivity contribution >= 4 is 52.0 Å². The molecule has 18 nitrogen and oxygen atoms in total. The molecule has 2 saturated heterocycles. The molecular weight excluding hydrogens is 840 g/mol. The highest BCUT2D eigenvalue weighted by Crippen LogP contribution is 2.33. The van der Waals surface area contributed by atoms with E-state index < -0.39 is 29.7 Å². The first-order chi connectivity index (χ1) is 31.7. The average molecular weight is 893 g/mol. The summed E-state index contributed by atoms with van der Waals surface area (Å²) >= 11 is 0. The van der Waals surface area contributed by atoms with Gasteiger partial charge in [0.25, 0.3) is 11.8 Å². The third kappa shape index (κ3) is 10.4. The molecule has 19 heteroatoms. The number of pyridine rings is 2. The maximum atomic E-state index is 15.7. The number of carbonyl (C=O) groups is 4. The highest BCUT2D eigenvalue weighted by atomic mass is 19.1. The Bertz CT molecular complexity index is 2530. The van der Waals surface area contributed by atoms with Crippen LogP contribution in [0.5, 0.6) is 0 Å². The summed E-state index contributed by atoms with van der Waals surface area (Å²) in [5.41, 5.74) is 5.23. The Labute approximate surface area is 375 Å². The molecule has 0 aliphatic carbocycles. The molecule has 0 spiro atoms. The largest absolute Gasteiger partial charge is 0.382 e. The second kappa shape index (κ2) is 21.1. The lowest BCUT2D eigenvalue weighted by Gasteiger charge is -2.36. The van der Waals surface area contributed by atoms with Gasteiger partial charge in [-0.2, -0.15) is 0 Å². The van der Waals surface area contributed by atoms with Gasteiger partial charge in [-0.25, -0.2) is 19.3 Å². The second-order valence-corrected chi connectivity index (χ2v) is 15.7. The van der Waals surface area contributed by atoms with E-state index in [-0.39, 0.29) is 29.8 Å². The lowest BCUT2D eigenvalue weighted by atomic mass is 10.0. The quantitative estimate of drug-likeness (QED) is 0.0713. The number of hydrogen-bond donors (Lipinski definition) is 3. The van der Waals surface area contributed by atoms with Crippen molar-refractivity contribution in [1.29, 1.82) is 0 Å². The van der Waals surface area contributed by atoms with Gasteiger partial charge in [0.15, 0.2) is 5.65 Å². The summed E-state index contributed by atoms with van der Waals surface area (Å²) in [5.74, 6) is -1.00. The number of fused-ring (bicyclic) bond motifs is 2. The van der Waals surface area contributed by atoms with Crippen LogP contribution in [0.15, 0.2) is 66.9 Å². The Morgan fingerprint density at radius 3 is 2.28 bits per heavy atom. The van der Waals surface area contributed by atoms with E-state index in [0.717, 1.165) is 53.0 Å². The minimum atomic E-state index is -1.02. The van der Waals surface area contributed by atoms with Gasteiger partial charge in [-0.05, 0) is 61.9 Å². The van der Waals surface area contributed by atoms with Gasteiger partial charge < -0.3 is 34.5 Å². The first-order valence-electron chi connectivity index (χ1n) is 21.9. The van der Waals surface area contributed by atoms with E-state index in [1.54, 1.807) is 30.5 Å². The van der Waals surface area contributed by atoms with Crippen LogP contribution in [-0.2, 0) is 28.5 Å². The van der Waals surface area contributed by atoms with Gasteiger partial charge in [0.2, 0.25) is 11.8 Å². The van der Waals surface area contributed by atoms with Crippen LogP contribution >= 0.6 is 0 Å². The number of hydrogen-bond acceptors (Lipinski definition) is 15. The van der Waals surface area contributed by atoms with Crippen LogP contribution in [0.25, 0.3) is 28.1 Å². The van der Waals surface area contributed by atoms with Crippen molar-refractivity contribution in [1.82, 2.24) is 34.6 Å². The fourth-order valence-corrected chi connectivity index (χ4v) is 8.25. The maximum absolute atomic E-state index is 15.7. The fourth-order valence-electron chi connectivity index (χ4n) is 8.25. The van der Waals surface area contributed by atoms with Crippen molar-refractivity contribution in [3.8, 4) is 16.9 Å². The number of amides is 4. The van der Waals surface area contributed by atoms with Gasteiger partial charge in [-0.15, -0.1) is 0 Å². The van der Waals surface area contributed by atoms with Gasteiger partial charge in [0.1, 0.15) is 29.0 Å². The van der Waals surface area contributed by atoms with E-state index in [2.05, 4.69) is 35.7 Å². The monoisotopic (exact) mass is 892 g/mol. The van der Waals surface area contributed by atoms with Crippen LogP contribution in [-0.4, -0.2) is 158 Å². The molecule has 3 aromatic heterocycles. The molecule has 5 aromatic rings. The van der Waals surface area contributed by atoms with Gasteiger partial charge in [-0.3, -0.25) is 38.9 Å². The zero-order chi connectivity index (χ0) is 45.3. The number of halogens is 1. The number of imidazole rings is 1. The van der Waals surface area contributed by atoms with Gasteiger partial charge in [0.05, 0.1) is 81.1 Å². The first kappa shape index (κ1) is 45.2. The van der Waals surface area contributed by atoms with E-state index in [1.807, 2.05) is 54.9 Å². The van der Waals surface area contributed by atoms with Crippen molar-refractivity contribution in [3.63, 3.8) is 0 Å². The number of nitrogens with zero attached hydrogens (tertiary/aromatic N) is 7. The number of ether oxygens (including phenoxy) is 4. The third-order valence-corrected chi connectivity index (χ3v) is 11.6. The lowest BCUT2D eigenvalue weighted by molar-refractivity contribution is -0.136. The van der Waals surface area contributed by atoms with Crippen molar-refractivity contribution in [3.05, 3.63) is 89.6 Å². The van der Waals surface area contributed by atoms with Crippen LogP contribution in [0.3, 0.4) is 0 Å². The maximum Gasteiger partial charge on any atom is 0.264 e. The van der Waals surface area contributed by atoms with E-state index in [0.29, 0.717) is 95.2 Å². The van der Waals surface area contributed by atoms with E-state index >= 15 is 4.39 Å². The SMILES string of the molecule is CNc1cc(-c2ccc3nc(C)n(-c4ccc(N5CCN(CCOCCOCCOCCOCCNc6cccc7c6C(=O)N(C6CCC(=O)NC6=O)C7=O)CC5)c(F)c4)c3n2)ccn1. The fraction of sp³-hybridized carbons (Fsp3) is 0.413. The number of aromatic nitrogens is 4. The van der Waals surface area contributed by atoms with Gasteiger partial charge in [-0.1, -0.05) is 6.07 Å². The summed E-state index contributed by atoms with van der Waals surface area (Å²) in [5, 5.41) is 8.41. The Kier molecular flexibility index (Phi) is 14.7. The molecular formula is C46H53FN10O8. The van der Waals surface area contributed by atoms with Crippen molar-refractivity contribution in [2.24, 2.45) is 0 Å². The van der Waals surface area contributed by atoms with Crippen LogP contribution in [0.2, 0.25) is 0 Å². The van der Waals surface area contributed by atoms with E-state index in [9.17, 15) is 19.2 Å². The summed E-state index contributed by atoms with van der Waals surface area (Å²) in [4.78, 5) is 69.4. The van der Waals surface area contributed by atoms with E-state index in [4.69, 9.17) is 23.9 Å². The number of imide groups is 2. The number of aryl methyl sites for hydroxylation is 1. The Balaban J connectivity index is 0.665. The Hall–Kier alpha value is -6.38. The summed E-state index contributed by atoms with van der Waals surface area (Å²) < 4.78 is 40.3. The molecule has 342 valence electrons. The molecule has 0 radical (unpaired) electrons. The van der Waals surface area contributed by atoms with Crippen molar-refractivity contribution < 1.29 is 42.5 Å². The minimum Gasteiger partial charge on any atom is -0.382 e. The van der Waals surface area contributed by atoms with Crippen molar-refractivity contribution in [2.45, 2.75) is 25.8 Å². The molecule has 1 atom stereocenters. The minimum absolute atomic E-state index is 0.0608. The normalized spacial score (nSPS) is 16.7. The van der Waals surface area contributed by atoms with Crippen LogP contribution < -0.4 is 20.9 Å². The number of piperidine rings is 1. The Morgan fingerprint density at radius 2 is 1.55 bits per heavy atom. The summed E-state index contributed by atoms with van der Waals surface area (Å²) in [7, 11) is 1.82. The number of carbonyl (C=O) groups excluding carboxylic acids is 4. The number of piperazine rings is 1. The molecule has 6 heterocycles. The summed E-state index contributed by atoms with van der Waals surface area (Å²) in [6, 6.07) is 16.9. The number of nitrogens with one attached hydrogen (secondary N) is 3. The molecule has 2 aromatic carbocycles. The van der Waals surface area contributed by atoms with Crippen LogP contribution in [0.1, 0.15) is 39.4 Å². The zero-order valence-electron chi connectivity index (χ0n) is 36.5. The molecule has 3 N–H and O–H groups in total. The molecule has 1 unspecified atom stereocenters. The van der Waals surface area contributed by atoms with Gasteiger partial charge >= 0.3 is 0 Å². The van der Waals surface area contributed by atoms with Crippen LogP contribution in [0, 0.1) is 12.7 Å². The molecule has 4 amide bonds. The number of benzene rings is 2. The van der Waals surface area contributed by atoms with Crippen LogP contribution in [0.4, 0.5) is 21.6 Å². The highest BCUT2D eigenvalue weighted by Gasteiger charge is 2.45. The summed E-state index contributed by atoms with van der Waals surface area (Å²) in [6.07, 6.45) is 1.90. The van der Waals surface area contributed by atoms with E-state index in [1.165, 1.54) is 0 Å². The predicted molar refractivity (Wildman–Crippen MR) is 240 cm³/mol. The molecule has 3 aliphatic rings. The molecule has 8 rings (SSSR count). The molecule has 3 aliphatic heterocycles. The first-order valence-corrected chi connectivity index (χ1v) is 21.9. The molecule has 2 fully saturated rings. The molecule has 0 saturated carbocycles. The van der Waals surface area contributed by atoms with Crippen molar-refractivity contribution in [2.75, 3.05) is 115 Å². The average Bonchev–Trinajstić information content (AvgIpc) is 3.78. The Morgan fingerprint density at radius 1 is 0.815 bits per heavy atom. The molecule has 0 bridgehead atoms. The summed E-state index contributed by atoms with van der Waals surface area (Å²) in [6.45, 7) is 9.46. The highest BCUT2D eigenvalue weighted by molar-refractivity contribution is 6.25. The second-order valence-electron chi connectivity index (χ2n) is 15.7.